The van der Waals surface area contributed by atoms with Gasteiger partial charge in [-0.3, -0.25) is 11.3 Å². The van der Waals surface area contributed by atoms with E-state index in [1.165, 1.54) is 38.9 Å². The summed E-state index contributed by atoms with van der Waals surface area (Å²) in [7, 11) is 0. The zero-order valence-electron chi connectivity index (χ0n) is 6.97. The van der Waals surface area contributed by atoms with Gasteiger partial charge in [-0.15, -0.1) is 0 Å². The highest BCUT2D eigenvalue weighted by molar-refractivity contribution is 4.92. The number of hydrazine groups is 1. The molecule has 3 heterocycles. The van der Waals surface area contributed by atoms with Gasteiger partial charge in [0.25, 0.3) is 0 Å². The molecule has 3 heteroatoms. The van der Waals surface area contributed by atoms with Gasteiger partial charge in [-0.05, 0) is 44.3 Å². The Morgan fingerprint density at radius 2 is 1.73 bits per heavy atom. The summed E-state index contributed by atoms with van der Waals surface area (Å²) in [6, 6.07) is 0. The summed E-state index contributed by atoms with van der Waals surface area (Å²) in [5, 5.41) is 0. The van der Waals surface area contributed by atoms with E-state index in [-0.39, 0.29) is 0 Å². The van der Waals surface area contributed by atoms with E-state index in [9.17, 15) is 0 Å². The van der Waals surface area contributed by atoms with Gasteiger partial charge >= 0.3 is 0 Å². The van der Waals surface area contributed by atoms with Crippen LogP contribution in [0.5, 0.6) is 0 Å². The van der Waals surface area contributed by atoms with Crippen LogP contribution in [0.15, 0.2) is 0 Å². The third-order valence-corrected chi connectivity index (χ3v) is 3.35. The quantitative estimate of drug-likeness (QED) is 0.433. The molecule has 0 radical (unpaired) electrons. The minimum Gasteiger partial charge on any atom is -0.303 e. The molecular formula is C8H17N3. The maximum atomic E-state index is 5.37. The van der Waals surface area contributed by atoms with E-state index in [4.69, 9.17) is 5.84 Å². The fraction of sp³-hybridized carbons (Fsp3) is 1.00. The van der Waals surface area contributed by atoms with Gasteiger partial charge in [0.2, 0.25) is 0 Å². The Morgan fingerprint density at radius 1 is 1.18 bits per heavy atom. The lowest BCUT2D eigenvalue weighted by Gasteiger charge is -2.48. The lowest BCUT2D eigenvalue weighted by molar-refractivity contribution is 0.0268. The first-order valence-electron chi connectivity index (χ1n) is 4.51. The Balaban J connectivity index is 2.00. The highest BCUT2D eigenvalue weighted by Crippen LogP contribution is 2.38. The van der Waals surface area contributed by atoms with Gasteiger partial charge < -0.3 is 4.90 Å². The van der Waals surface area contributed by atoms with Crippen molar-refractivity contribution >= 4 is 0 Å². The zero-order chi connectivity index (χ0) is 7.73. The van der Waals surface area contributed by atoms with Crippen LogP contribution in [-0.2, 0) is 0 Å². The van der Waals surface area contributed by atoms with Gasteiger partial charge in [-0.25, -0.2) is 0 Å². The molecule has 3 N–H and O–H groups in total. The van der Waals surface area contributed by atoms with E-state index in [0.717, 1.165) is 6.54 Å². The van der Waals surface area contributed by atoms with Crippen molar-refractivity contribution < 1.29 is 0 Å². The summed E-state index contributed by atoms with van der Waals surface area (Å²) in [6.45, 7) is 4.89. The molecule has 3 saturated heterocycles. The number of nitrogens with two attached hydrogens (primary N) is 1. The van der Waals surface area contributed by atoms with E-state index in [1.54, 1.807) is 0 Å². The molecule has 64 valence electrons. The van der Waals surface area contributed by atoms with Crippen LogP contribution in [0.1, 0.15) is 19.3 Å². The van der Waals surface area contributed by atoms with Crippen molar-refractivity contribution in [2.75, 3.05) is 26.2 Å². The molecule has 3 fully saturated rings. The molecule has 0 atom stereocenters. The second kappa shape index (κ2) is 2.73. The summed E-state index contributed by atoms with van der Waals surface area (Å²) in [5.41, 5.74) is 3.39. The summed E-state index contributed by atoms with van der Waals surface area (Å²) >= 11 is 0. The molecule has 0 aromatic heterocycles. The number of hydrogen-bond donors (Lipinski definition) is 2. The molecule has 11 heavy (non-hydrogen) atoms. The van der Waals surface area contributed by atoms with Crippen LogP contribution < -0.4 is 11.3 Å². The standard InChI is InChI=1S/C8H17N3/c9-10-7-8-1-4-11(5-2-8)6-3-8/h10H,1-7,9H2. The largest absolute Gasteiger partial charge is 0.303 e. The molecule has 0 aromatic carbocycles. The number of piperidine rings is 3. The minimum absolute atomic E-state index is 0.559. The first-order chi connectivity index (χ1) is 5.35. The van der Waals surface area contributed by atoms with E-state index in [0.29, 0.717) is 5.41 Å². The van der Waals surface area contributed by atoms with Crippen LogP contribution in [0, 0.1) is 5.41 Å². The molecule has 0 aromatic rings. The van der Waals surface area contributed by atoms with Crippen molar-refractivity contribution in [2.24, 2.45) is 11.3 Å². The summed E-state index contributed by atoms with van der Waals surface area (Å²) in [4.78, 5) is 2.55. The maximum Gasteiger partial charge on any atom is 0.0155 e. The molecule has 0 saturated carbocycles. The average molecular weight is 155 g/mol. The average Bonchev–Trinajstić information content (AvgIpc) is 2.07. The van der Waals surface area contributed by atoms with E-state index in [1.807, 2.05) is 0 Å². The highest BCUT2D eigenvalue weighted by atomic mass is 15.2. The van der Waals surface area contributed by atoms with Gasteiger partial charge in [-0.2, -0.15) is 0 Å². The van der Waals surface area contributed by atoms with Crippen LogP contribution in [-0.4, -0.2) is 31.1 Å². The van der Waals surface area contributed by atoms with Crippen LogP contribution in [0.4, 0.5) is 0 Å². The fourth-order valence-corrected chi connectivity index (χ4v) is 2.38. The van der Waals surface area contributed by atoms with Gasteiger partial charge in [0, 0.05) is 6.54 Å². The predicted octanol–water partition coefficient (Wildman–Crippen LogP) is -0.0644. The van der Waals surface area contributed by atoms with Crippen LogP contribution >= 0.6 is 0 Å². The third-order valence-electron chi connectivity index (χ3n) is 3.35. The lowest BCUT2D eigenvalue weighted by atomic mass is 9.72. The number of nitrogens with zero attached hydrogens (tertiary/aromatic N) is 1. The summed E-state index contributed by atoms with van der Waals surface area (Å²) in [5.74, 6) is 5.37. The molecule has 0 aliphatic carbocycles. The van der Waals surface area contributed by atoms with E-state index >= 15 is 0 Å². The number of nitrogens with one attached hydrogen (secondary N) is 1. The number of rotatable bonds is 2. The molecular weight excluding hydrogens is 138 g/mol. The Morgan fingerprint density at radius 3 is 2.18 bits per heavy atom. The van der Waals surface area contributed by atoms with E-state index < -0.39 is 0 Å². The predicted molar refractivity (Wildman–Crippen MR) is 44.9 cm³/mol. The van der Waals surface area contributed by atoms with Crippen LogP contribution in [0.25, 0.3) is 0 Å². The molecule has 2 bridgehead atoms. The first kappa shape index (κ1) is 7.53. The van der Waals surface area contributed by atoms with Crippen molar-refractivity contribution in [3.05, 3.63) is 0 Å². The van der Waals surface area contributed by atoms with Crippen molar-refractivity contribution in [3.63, 3.8) is 0 Å². The maximum absolute atomic E-state index is 5.37. The summed E-state index contributed by atoms with van der Waals surface area (Å²) in [6.07, 6.45) is 4.03. The van der Waals surface area contributed by atoms with Crippen molar-refractivity contribution in [1.29, 1.82) is 0 Å². The topological polar surface area (TPSA) is 41.3 Å². The normalized spacial score (nSPS) is 42.8. The molecule has 0 spiro atoms. The highest BCUT2D eigenvalue weighted by Gasteiger charge is 2.38. The van der Waals surface area contributed by atoms with E-state index in [2.05, 4.69) is 10.3 Å². The van der Waals surface area contributed by atoms with Crippen molar-refractivity contribution in [2.45, 2.75) is 19.3 Å². The van der Waals surface area contributed by atoms with Crippen LogP contribution in [0.3, 0.4) is 0 Å². The van der Waals surface area contributed by atoms with Gasteiger partial charge in [0.1, 0.15) is 0 Å². The second-order valence-electron chi connectivity index (χ2n) is 3.97. The Hall–Kier alpha value is -0.120. The van der Waals surface area contributed by atoms with Crippen molar-refractivity contribution in [1.82, 2.24) is 10.3 Å². The first-order valence-corrected chi connectivity index (χ1v) is 4.51. The Bertz CT molecular complexity index is 118. The SMILES string of the molecule is NNCC12CCN(CC1)CC2. The fourth-order valence-electron chi connectivity index (χ4n) is 2.38. The van der Waals surface area contributed by atoms with Gasteiger partial charge in [-0.1, -0.05) is 0 Å². The van der Waals surface area contributed by atoms with Gasteiger partial charge in [0.05, 0.1) is 0 Å². The molecule has 3 aliphatic heterocycles. The Labute approximate surface area is 67.9 Å². The smallest absolute Gasteiger partial charge is 0.0155 e. The Kier molecular flexibility index (Phi) is 1.87. The lowest BCUT2D eigenvalue weighted by Crippen LogP contribution is -2.52. The zero-order valence-corrected chi connectivity index (χ0v) is 6.97. The number of fused-ring (bicyclic) bond motifs is 3. The molecule has 3 rings (SSSR count). The second-order valence-corrected chi connectivity index (χ2v) is 3.97. The monoisotopic (exact) mass is 155 g/mol. The minimum atomic E-state index is 0.559. The third kappa shape index (κ3) is 1.28. The molecule has 0 amide bonds. The van der Waals surface area contributed by atoms with Crippen molar-refractivity contribution in [3.8, 4) is 0 Å². The molecule has 0 unspecified atom stereocenters. The van der Waals surface area contributed by atoms with Crippen LogP contribution in [0.2, 0.25) is 0 Å². The molecule has 3 nitrogen and oxygen atoms in total. The summed E-state index contributed by atoms with van der Waals surface area (Å²) < 4.78 is 0. The molecule has 3 aliphatic rings. The van der Waals surface area contributed by atoms with Gasteiger partial charge in [0.15, 0.2) is 0 Å². The number of hydrogen-bond acceptors (Lipinski definition) is 3.